The molecule has 7 heteroatoms. The first-order chi connectivity index (χ1) is 10.8. The average Bonchev–Trinajstić information content (AvgIpc) is 2.47. The summed E-state index contributed by atoms with van der Waals surface area (Å²) in [5.74, 6) is 0.226. The summed E-state index contributed by atoms with van der Waals surface area (Å²) in [7, 11) is -3.36. The van der Waals surface area contributed by atoms with E-state index in [1.54, 1.807) is 18.2 Å². The van der Waals surface area contributed by atoms with Gasteiger partial charge in [-0.15, -0.1) is 0 Å². The van der Waals surface area contributed by atoms with E-state index in [-0.39, 0.29) is 11.3 Å². The number of nitrogens with zero attached hydrogens (tertiary/aromatic N) is 2. The van der Waals surface area contributed by atoms with E-state index in [0.29, 0.717) is 17.3 Å². The molecule has 1 aromatic rings. The number of piperidine rings is 1. The number of rotatable bonds is 4. The van der Waals surface area contributed by atoms with Gasteiger partial charge in [0, 0.05) is 25.0 Å². The van der Waals surface area contributed by atoms with Crippen molar-refractivity contribution < 1.29 is 13.2 Å². The Labute approximate surface area is 137 Å². The lowest BCUT2D eigenvalue weighted by atomic mass is 9.99. The summed E-state index contributed by atoms with van der Waals surface area (Å²) in [6, 6.07) is 6.55. The van der Waals surface area contributed by atoms with Gasteiger partial charge in [0.1, 0.15) is 6.42 Å². The number of nitriles is 1. The third kappa shape index (κ3) is 4.45. The van der Waals surface area contributed by atoms with Crippen LogP contribution in [0.4, 0.5) is 11.4 Å². The van der Waals surface area contributed by atoms with Gasteiger partial charge in [-0.3, -0.25) is 4.79 Å². The lowest BCUT2D eigenvalue weighted by Crippen LogP contribution is -2.33. The molecule has 1 saturated heterocycles. The molecule has 1 N–H and O–H groups in total. The van der Waals surface area contributed by atoms with E-state index in [1.807, 2.05) is 0 Å². The molecule has 0 atom stereocenters. The van der Waals surface area contributed by atoms with Gasteiger partial charge in [-0.05, 0) is 37.0 Å². The van der Waals surface area contributed by atoms with Gasteiger partial charge < -0.3 is 10.2 Å². The maximum Gasteiger partial charge on any atom is 0.238 e. The number of carbonyl (C=O) groups excluding carboxylic acids is 1. The lowest BCUT2D eigenvalue weighted by Gasteiger charge is -2.33. The second kappa shape index (κ2) is 7.01. The molecule has 23 heavy (non-hydrogen) atoms. The van der Waals surface area contributed by atoms with E-state index < -0.39 is 15.7 Å². The summed E-state index contributed by atoms with van der Waals surface area (Å²) in [5.41, 5.74) is 1.13. The fourth-order valence-electron chi connectivity index (χ4n) is 2.68. The predicted octanol–water partition coefficient (Wildman–Crippen LogP) is 2.18. The van der Waals surface area contributed by atoms with Crippen molar-refractivity contribution in [1.29, 1.82) is 5.26 Å². The fourth-order valence-corrected chi connectivity index (χ4v) is 3.57. The normalized spacial score (nSPS) is 16.0. The molecule has 1 aliphatic heterocycles. The lowest BCUT2D eigenvalue weighted by molar-refractivity contribution is -0.115. The summed E-state index contributed by atoms with van der Waals surface area (Å²) in [6.07, 6.45) is 2.97. The molecule has 0 saturated carbocycles. The monoisotopic (exact) mass is 335 g/mol. The number of nitrogens with one attached hydrogen (secondary N) is 1. The summed E-state index contributed by atoms with van der Waals surface area (Å²) in [4.78, 5) is 13.9. The summed E-state index contributed by atoms with van der Waals surface area (Å²) >= 11 is 0. The minimum atomic E-state index is -3.36. The second-order valence-corrected chi connectivity index (χ2v) is 7.99. The van der Waals surface area contributed by atoms with Crippen LogP contribution in [0.2, 0.25) is 0 Å². The van der Waals surface area contributed by atoms with Gasteiger partial charge in [-0.25, -0.2) is 8.42 Å². The zero-order valence-corrected chi connectivity index (χ0v) is 14.2. The Morgan fingerprint density at radius 3 is 2.61 bits per heavy atom. The first-order valence-corrected chi connectivity index (χ1v) is 9.46. The molecule has 1 aliphatic rings. The van der Waals surface area contributed by atoms with Crippen molar-refractivity contribution in [1.82, 2.24) is 0 Å². The van der Waals surface area contributed by atoms with Crippen molar-refractivity contribution in [3.63, 3.8) is 0 Å². The van der Waals surface area contributed by atoms with Crippen LogP contribution in [0, 0.1) is 17.2 Å². The van der Waals surface area contributed by atoms with Gasteiger partial charge in [-0.1, -0.05) is 6.92 Å². The molecule has 1 heterocycles. The van der Waals surface area contributed by atoms with E-state index in [2.05, 4.69) is 17.1 Å². The van der Waals surface area contributed by atoms with Crippen LogP contribution in [0.15, 0.2) is 23.1 Å². The highest BCUT2D eigenvalue weighted by molar-refractivity contribution is 7.90. The summed E-state index contributed by atoms with van der Waals surface area (Å²) < 4.78 is 24.1. The Morgan fingerprint density at radius 2 is 2.04 bits per heavy atom. The van der Waals surface area contributed by atoms with Crippen molar-refractivity contribution in [3.05, 3.63) is 18.2 Å². The second-order valence-electron chi connectivity index (χ2n) is 6.01. The Hall–Kier alpha value is -2.07. The van der Waals surface area contributed by atoms with Crippen molar-refractivity contribution in [2.24, 2.45) is 5.92 Å². The molecule has 1 amide bonds. The first-order valence-electron chi connectivity index (χ1n) is 7.57. The van der Waals surface area contributed by atoms with Crippen LogP contribution >= 0.6 is 0 Å². The van der Waals surface area contributed by atoms with E-state index in [4.69, 9.17) is 5.26 Å². The zero-order chi connectivity index (χ0) is 17.0. The van der Waals surface area contributed by atoms with Gasteiger partial charge in [0.05, 0.1) is 16.7 Å². The molecule has 2 rings (SSSR count). The number of carbonyl (C=O) groups is 1. The largest absolute Gasteiger partial charge is 0.370 e. The molecule has 6 nitrogen and oxygen atoms in total. The van der Waals surface area contributed by atoms with Crippen LogP contribution in [-0.2, 0) is 14.6 Å². The van der Waals surface area contributed by atoms with Crippen LogP contribution in [-0.4, -0.2) is 33.7 Å². The topological polar surface area (TPSA) is 90.3 Å². The zero-order valence-electron chi connectivity index (χ0n) is 13.4. The summed E-state index contributed by atoms with van der Waals surface area (Å²) in [6.45, 7) is 3.77. The number of sulfone groups is 1. The maximum atomic E-state index is 12.0. The Kier molecular flexibility index (Phi) is 5.26. The summed E-state index contributed by atoms with van der Waals surface area (Å²) in [5, 5.41) is 11.2. The highest BCUT2D eigenvalue weighted by atomic mass is 32.2. The third-order valence-electron chi connectivity index (χ3n) is 4.01. The SMILES string of the molecule is CC1CCN(c2cc(NC(=O)CC#N)ccc2S(C)(=O)=O)CC1. The number of hydrogen-bond acceptors (Lipinski definition) is 5. The quantitative estimate of drug-likeness (QED) is 0.911. The number of amides is 1. The Bertz CT molecular complexity index is 729. The van der Waals surface area contributed by atoms with Gasteiger partial charge in [0.15, 0.2) is 9.84 Å². The number of hydrogen-bond donors (Lipinski definition) is 1. The molecular weight excluding hydrogens is 314 g/mol. The van der Waals surface area contributed by atoms with E-state index in [9.17, 15) is 13.2 Å². The van der Waals surface area contributed by atoms with Gasteiger partial charge in [-0.2, -0.15) is 5.26 Å². The van der Waals surface area contributed by atoms with E-state index in [0.717, 1.165) is 25.9 Å². The van der Waals surface area contributed by atoms with Gasteiger partial charge in [0.2, 0.25) is 5.91 Å². The van der Waals surface area contributed by atoms with Gasteiger partial charge in [0.25, 0.3) is 0 Å². The molecule has 0 unspecified atom stereocenters. The van der Waals surface area contributed by atoms with E-state index in [1.165, 1.54) is 12.3 Å². The molecule has 0 radical (unpaired) electrons. The predicted molar refractivity (Wildman–Crippen MR) is 89.0 cm³/mol. The minimum Gasteiger partial charge on any atom is -0.370 e. The minimum absolute atomic E-state index is 0.232. The highest BCUT2D eigenvalue weighted by Crippen LogP contribution is 2.31. The molecule has 1 fully saturated rings. The van der Waals surface area contributed by atoms with Gasteiger partial charge >= 0.3 is 0 Å². The fraction of sp³-hybridized carbons (Fsp3) is 0.500. The van der Waals surface area contributed by atoms with Crippen LogP contribution in [0.5, 0.6) is 0 Å². The average molecular weight is 335 g/mol. The molecular formula is C16H21N3O3S. The van der Waals surface area contributed by atoms with Crippen LogP contribution in [0.25, 0.3) is 0 Å². The van der Waals surface area contributed by atoms with Crippen LogP contribution in [0.1, 0.15) is 26.2 Å². The Morgan fingerprint density at radius 1 is 1.39 bits per heavy atom. The Balaban J connectivity index is 2.35. The number of anilines is 2. The molecule has 0 spiro atoms. The van der Waals surface area contributed by atoms with Crippen molar-refractivity contribution in [2.45, 2.75) is 31.1 Å². The standard InChI is InChI=1S/C16H21N3O3S/c1-12-6-9-19(10-7-12)14-11-13(18-16(20)5-8-17)3-4-15(14)23(2,21)22/h3-4,11-12H,5-7,9-10H2,1-2H3,(H,18,20). The van der Waals surface area contributed by atoms with Crippen molar-refractivity contribution in [2.75, 3.05) is 29.6 Å². The maximum absolute atomic E-state index is 12.0. The third-order valence-corrected chi connectivity index (χ3v) is 5.15. The smallest absolute Gasteiger partial charge is 0.238 e. The van der Waals surface area contributed by atoms with E-state index >= 15 is 0 Å². The first kappa shape index (κ1) is 17.3. The highest BCUT2D eigenvalue weighted by Gasteiger charge is 2.22. The van der Waals surface area contributed by atoms with Crippen LogP contribution < -0.4 is 10.2 Å². The van der Waals surface area contributed by atoms with Crippen molar-refractivity contribution >= 4 is 27.1 Å². The van der Waals surface area contributed by atoms with Crippen molar-refractivity contribution in [3.8, 4) is 6.07 Å². The molecule has 1 aromatic carbocycles. The molecule has 124 valence electrons. The molecule has 0 bridgehead atoms. The number of benzene rings is 1. The molecule has 0 aromatic heterocycles. The van der Waals surface area contributed by atoms with Crippen LogP contribution in [0.3, 0.4) is 0 Å². The molecule has 0 aliphatic carbocycles.